The number of carbonyl (C=O) groups is 1. The van der Waals surface area contributed by atoms with Gasteiger partial charge in [-0.2, -0.15) is 18.3 Å². The Morgan fingerprint density at radius 3 is 2.56 bits per heavy atom. The fourth-order valence-electron chi connectivity index (χ4n) is 2.04. The number of sulfonamides is 1. The Morgan fingerprint density at radius 2 is 1.96 bits per heavy atom. The van der Waals surface area contributed by atoms with Crippen LogP contribution in [0.3, 0.4) is 0 Å². The van der Waals surface area contributed by atoms with Crippen LogP contribution in [0.1, 0.15) is 16.2 Å². The molecule has 0 saturated carbocycles. The Bertz CT molecular complexity index is 1090. The minimum absolute atomic E-state index is 0.0450. The van der Waals surface area contributed by atoms with Crippen molar-refractivity contribution in [2.75, 3.05) is 4.72 Å². The third kappa shape index (κ3) is 3.75. The summed E-state index contributed by atoms with van der Waals surface area (Å²) in [5, 5.41) is 14.8. The highest BCUT2D eigenvalue weighted by Gasteiger charge is 2.32. The number of carboxylic acid groups (broad SMARTS) is 1. The molecule has 142 valence electrons. The van der Waals surface area contributed by atoms with Gasteiger partial charge in [0, 0.05) is 11.8 Å². The van der Waals surface area contributed by atoms with Gasteiger partial charge in [-0.25, -0.2) is 18.2 Å². The molecule has 14 heteroatoms. The van der Waals surface area contributed by atoms with Gasteiger partial charge in [0.05, 0.1) is 17.4 Å². The lowest BCUT2D eigenvalue weighted by atomic mass is 10.2. The molecule has 0 aromatic carbocycles. The Kier molecular flexibility index (Phi) is 4.61. The van der Waals surface area contributed by atoms with Crippen molar-refractivity contribution in [3.63, 3.8) is 0 Å². The Morgan fingerprint density at radius 1 is 1.22 bits per heavy atom. The molecule has 27 heavy (non-hydrogen) atoms. The lowest BCUT2D eigenvalue weighted by Gasteiger charge is -2.08. The van der Waals surface area contributed by atoms with Crippen LogP contribution < -0.4 is 4.72 Å². The van der Waals surface area contributed by atoms with Crippen molar-refractivity contribution in [1.29, 1.82) is 0 Å². The molecule has 0 saturated heterocycles. The molecule has 3 heterocycles. The third-order valence-electron chi connectivity index (χ3n) is 3.23. The number of nitrogens with zero attached hydrogens (tertiary/aromatic N) is 3. The number of alkyl halides is 3. The van der Waals surface area contributed by atoms with Crippen LogP contribution in [0, 0.1) is 0 Å². The van der Waals surface area contributed by atoms with E-state index in [4.69, 9.17) is 5.11 Å². The molecule has 3 rings (SSSR count). The molecule has 0 bridgehead atoms. The number of pyridine rings is 1. The Balaban J connectivity index is 1.96. The number of hydrogen-bond acceptors (Lipinski definition) is 7. The monoisotopic (exact) mass is 419 g/mol. The predicted octanol–water partition coefficient (Wildman–Crippen LogP) is 2.45. The van der Waals surface area contributed by atoms with Crippen LogP contribution in [0.15, 0.2) is 34.9 Å². The van der Waals surface area contributed by atoms with Gasteiger partial charge < -0.3 is 5.11 Å². The minimum atomic E-state index is -4.64. The molecule has 3 aromatic rings. The summed E-state index contributed by atoms with van der Waals surface area (Å²) in [6.45, 7) is 0. The lowest BCUT2D eigenvalue weighted by molar-refractivity contribution is -0.141. The highest BCUT2D eigenvalue weighted by molar-refractivity contribution is 7.93. The van der Waals surface area contributed by atoms with Crippen LogP contribution in [-0.4, -0.2) is 39.7 Å². The summed E-state index contributed by atoms with van der Waals surface area (Å²) < 4.78 is 65.0. The summed E-state index contributed by atoms with van der Waals surface area (Å²) in [6, 6.07) is 1.74. The van der Waals surface area contributed by atoms with E-state index in [-0.39, 0.29) is 16.3 Å². The molecule has 0 aliphatic carbocycles. The topological polar surface area (TPSA) is 138 Å². The summed E-state index contributed by atoms with van der Waals surface area (Å²) in [5.41, 5.74) is -0.528. The summed E-state index contributed by atoms with van der Waals surface area (Å²) in [7, 11) is -4.30. The second-order valence-corrected chi connectivity index (χ2v) is 7.49. The van der Waals surface area contributed by atoms with Gasteiger partial charge in [-0.3, -0.25) is 14.8 Å². The second-order valence-electron chi connectivity index (χ2n) is 4.98. The van der Waals surface area contributed by atoms with Crippen molar-refractivity contribution in [2.24, 2.45) is 0 Å². The van der Waals surface area contributed by atoms with Crippen molar-refractivity contribution < 1.29 is 31.5 Å². The molecular weight excluding hydrogens is 411 g/mol. The van der Waals surface area contributed by atoms with Gasteiger partial charge in [-0.1, -0.05) is 0 Å². The standard InChI is InChI=1S/C13H8F3N5O4S2/c14-13(15,16)8-2-1-6(3-17-8)9-7(4-19-20-9)27(24,25)21-11-10(12(22)23)18-5-26-11/h1-5,21H,(H,19,20)(H,22,23). The van der Waals surface area contributed by atoms with Crippen LogP contribution in [0.4, 0.5) is 18.2 Å². The molecule has 0 radical (unpaired) electrons. The molecule has 0 fully saturated rings. The number of anilines is 1. The number of aromatic carboxylic acids is 1. The van der Waals surface area contributed by atoms with Gasteiger partial charge in [0.2, 0.25) is 0 Å². The van der Waals surface area contributed by atoms with Gasteiger partial charge in [0.25, 0.3) is 10.0 Å². The van der Waals surface area contributed by atoms with E-state index in [2.05, 4.69) is 24.9 Å². The molecular formula is C13H8F3N5O4S2. The summed E-state index contributed by atoms with van der Waals surface area (Å²) >= 11 is 0.758. The first kappa shape index (κ1) is 18.8. The normalized spacial score (nSPS) is 12.1. The van der Waals surface area contributed by atoms with Gasteiger partial charge in [0.15, 0.2) is 5.69 Å². The fraction of sp³-hybridized carbons (Fsp3) is 0.0769. The van der Waals surface area contributed by atoms with E-state index >= 15 is 0 Å². The molecule has 0 aliphatic rings. The number of nitrogens with one attached hydrogen (secondary N) is 2. The zero-order chi connectivity index (χ0) is 19.8. The molecule has 0 amide bonds. The maximum atomic E-state index is 12.6. The Labute approximate surface area is 153 Å². The largest absolute Gasteiger partial charge is 0.476 e. The van der Waals surface area contributed by atoms with Gasteiger partial charge in [-0.05, 0) is 12.1 Å². The number of aromatic nitrogens is 4. The van der Waals surface area contributed by atoms with Gasteiger partial charge in [0.1, 0.15) is 15.6 Å². The number of halogens is 3. The van der Waals surface area contributed by atoms with E-state index < -0.39 is 38.5 Å². The average molecular weight is 419 g/mol. The molecule has 3 aromatic heterocycles. The van der Waals surface area contributed by atoms with E-state index in [1.165, 1.54) is 0 Å². The lowest BCUT2D eigenvalue weighted by Crippen LogP contribution is -2.15. The van der Waals surface area contributed by atoms with Crippen molar-refractivity contribution in [1.82, 2.24) is 20.2 Å². The van der Waals surface area contributed by atoms with Crippen LogP contribution >= 0.6 is 11.3 Å². The number of aromatic amines is 1. The summed E-state index contributed by atoms with van der Waals surface area (Å²) in [6.07, 6.45) is -2.84. The van der Waals surface area contributed by atoms with Crippen LogP contribution in [0.5, 0.6) is 0 Å². The van der Waals surface area contributed by atoms with Crippen molar-refractivity contribution in [3.8, 4) is 11.3 Å². The maximum Gasteiger partial charge on any atom is 0.433 e. The summed E-state index contributed by atoms with van der Waals surface area (Å²) in [4.78, 5) is 17.5. The number of thiazole rings is 1. The SMILES string of the molecule is O=C(O)c1ncsc1NS(=O)(=O)c1cn[nH]c1-c1ccc(C(F)(F)F)nc1. The van der Waals surface area contributed by atoms with Crippen molar-refractivity contribution in [3.05, 3.63) is 41.4 Å². The predicted molar refractivity (Wildman–Crippen MR) is 86.7 cm³/mol. The summed E-state index contributed by atoms with van der Waals surface area (Å²) in [5.74, 6) is -1.42. The molecule has 9 nitrogen and oxygen atoms in total. The molecule has 0 aliphatic heterocycles. The number of carboxylic acids is 1. The highest BCUT2D eigenvalue weighted by atomic mass is 32.2. The van der Waals surface area contributed by atoms with Crippen LogP contribution in [-0.2, 0) is 16.2 Å². The highest BCUT2D eigenvalue weighted by Crippen LogP contribution is 2.31. The molecule has 0 atom stereocenters. The first-order valence-corrected chi connectivity index (χ1v) is 9.22. The van der Waals surface area contributed by atoms with E-state index in [0.29, 0.717) is 6.07 Å². The average Bonchev–Trinajstić information content (AvgIpc) is 3.23. The van der Waals surface area contributed by atoms with E-state index in [0.717, 1.165) is 35.3 Å². The fourth-order valence-corrected chi connectivity index (χ4v) is 4.15. The smallest absolute Gasteiger partial charge is 0.433 e. The quantitative estimate of drug-likeness (QED) is 0.577. The van der Waals surface area contributed by atoms with Crippen molar-refractivity contribution in [2.45, 2.75) is 11.1 Å². The molecule has 0 spiro atoms. The number of rotatable bonds is 5. The molecule has 3 N–H and O–H groups in total. The van der Waals surface area contributed by atoms with Crippen LogP contribution in [0.25, 0.3) is 11.3 Å². The Hall–Kier alpha value is -3.00. The maximum absolute atomic E-state index is 12.6. The number of hydrogen-bond donors (Lipinski definition) is 3. The van der Waals surface area contributed by atoms with E-state index in [1.807, 2.05) is 0 Å². The first-order chi connectivity index (χ1) is 12.6. The van der Waals surface area contributed by atoms with E-state index in [1.54, 1.807) is 0 Å². The first-order valence-electron chi connectivity index (χ1n) is 6.86. The second kappa shape index (κ2) is 6.62. The zero-order valence-electron chi connectivity index (χ0n) is 12.9. The molecule has 0 unspecified atom stereocenters. The minimum Gasteiger partial charge on any atom is -0.476 e. The third-order valence-corrected chi connectivity index (χ3v) is 5.47. The van der Waals surface area contributed by atoms with Crippen LogP contribution in [0.2, 0.25) is 0 Å². The van der Waals surface area contributed by atoms with E-state index in [9.17, 15) is 26.4 Å². The van der Waals surface area contributed by atoms with Gasteiger partial charge in [-0.15, -0.1) is 11.3 Å². The zero-order valence-corrected chi connectivity index (χ0v) is 14.5. The van der Waals surface area contributed by atoms with Gasteiger partial charge >= 0.3 is 12.1 Å². The number of H-pyrrole nitrogens is 1. The van der Waals surface area contributed by atoms with Crippen molar-refractivity contribution >= 4 is 32.3 Å².